The van der Waals surface area contributed by atoms with Crippen LogP contribution >= 0.6 is 0 Å². The van der Waals surface area contributed by atoms with E-state index in [4.69, 9.17) is 9.47 Å². The van der Waals surface area contributed by atoms with Gasteiger partial charge in [-0.2, -0.15) is 0 Å². The summed E-state index contributed by atoms with van der Waals surface area (Å²) in [7, 11) is 1.65. The molecule has 0 saturated heterocycles. The van der Waals surface area contributed by atoms with Crippen molar-refractivity contribution in [2.45, 2.75) is 62.3 Å². The molecular weight excluding hydrogens is 256 g/mol. The molecule has 4 bridgehead atoms. The van der Waals surface area contributed by atoms with Crippen molar-refractivity contribution >= 4 is 0 Å². The zero-order chi connectivity index (χ0) is 14.0. The molecule has 5 aliphatic rings. The summed E-state index contributed by atoms with van der Waals surface area (Å²) < 4.78 is 11.0. The van der Waals surface area contributed by atoms with E-state index in [1.165, 1.54) is 0 Å². The Kier molecular flexibility index (Phi) is 2.98. The van der Waals surface area contributed by atoms with Crippen LogP contribution in [-0.2, 0) is 9.47 Å². The number of methoxy groups -OCH3 is 1. The molecule has 0 unspecified atom stereocenters. The van der Waals surface area contributed by atoms with Gasteiger partial charge in [0.15, 0.2) is 0 Å². The average molecular weight is 282 g/mol. The zero-order valence-electron chi connectivity index (χ0n) is 12.3. The molecule has 0 spiro atoms. The van der Waals surface area contributed by atoms with Crippen LogP contribution in [0, 0.1) is 23.7 Å². The Morgan fingerprint density at radius 1 is 1.10 bits per heavy atom. The van der Waals surface area contributed by atoms with Gasteiger partial charge >= 0.3 is 0 Å². The first-order chi connectivity index (χ1) is 9.59. The quantitative estimate of drug-likeness (QED) is 0.773. The first kappa shape index (κ1) is 13.5. The lowest BCUT2D eigenvalue weighted by atomic mass is 9.40. The van der Waals surface area contributed by atoms with Gasteiger partial charge in [0, 0.05) is 18.9 Å². The maximum atomic E-state index is 11.5. The van der Waals surface area contributed by atoms with Gasteiger partial charge in [0.05, 0.1) is 17.3 Å². The van der Waals surface area contributed by atoms with Gasteiger partial charge < -0.3 is 19.7 Å². The molecule has 4 nitrogen and oxygen atoms in total. The number of rotatable bonds is 3. The SMILES string of the molecule is COCO[C@H]1CC[C@H]2CC[C@@]3(O)C[C@@H]4CC[C@H]3[C@@]2(O)[C@@H]41. The van der Waals surface area contributed by atoms with Gasteiger partial charge in [-0.15, -0.1) is 0 Å². The van der Waals surface area contributed by atoms with Crippen LogP contribution in [0.5, 0.6) is 0 Å². The van der Waals surface area contributed by atoms with E-state index in [-0.39, 0.29) is 17.9 Å². The Balaban J connectivity index is 1.70. The summed E-state index contributed by atoms with van der Waals surface area (Å²) in [6.07, 6.45) is 7.02. The number of fused-ring (bicyclic) bond motifs is 1. The van der Waals surface area contributed by atoms with Crippen LogP contribution in [0.3, 0.4) is 0 Å². The Morgan fingerprint density at radius 3 is 2.75 bits per heavy atom. The van der Waals surface area contributed by atoms with Crippen LogP contribution in [0.2, 0.25) is 0 Å². The van der Waals surface area contributed by atoms with E-state index in [9.17, 15) is 10.2 Å². The van der Waals surface area contributed by atoms with E-state index in [1.54, 1.807) is 7.11 Å². The molecule has 2 N–H and O–H groups in total. The molecule has 114 valence electrons. The summed E-state index contributed by atoms with van der Waals surface area (Å²) >= 11 is 0. The molecule has 0 aromatic carbocycles. The number of hydrogen-bond acceptors (Lipinski definition) is 4. The molecule has 5 saturated carbocycles. The van der Waals surface area contributed by atoms with Crippen molar-refractivity contribution in [3.05, 3.63) is 0 Å². The Hall–Kier alpha value is -0.160. The smallest absolute Gasteiger partial charge is 0.146 e. The molecule has 0 radical (unpaired) electrons. The predicted octanol–water partition coefficient (Wildman–Crippen LogP) is 1.69. The number of ether oxygens (including phenoxy) is 2. The van der Waals surface area contributed by atoms with Crippen LogP contribution < -0.4 is 0 Å². The van der Waals surface area contributed by atoms with Crippen molar-refractivity contribution in [2.75, 3.05) is 13.9 Å². The van der Waals surface area contributed by atoms with Gasteiger partial charge in [0.25, 0.3) is 0 Å². The van der Waals surface area contributed by atoms with Crippen LogP contribution in [0.25, 0.3) is 0 Å². The maximum absolute atomic E-state index is 11.5. The van der Waals surface area contributed by atoms with Gasteiger partial charge in [0.1, 0.15) is 6.79 Å². The van der Waals surface area contributed by atoms with E-state index in [0.717, 1.165) is 44.9 Å². The van der Waals surface area contributed by atoms with E-state index in [2.05, 4.69) is 0 Å². The highest BCUT2D eigenvalue weighted by Gasteiger charge is 2.70. The summed E-state index contributed by atoms with van der Waals surface area (Å²) in [4.78, 5) is 0. The fourth-order valence-electron chi connectivity index (χ4n) is 6.28. The van der Waals surface area contributed by atoms with Gasteiger partial charge in [0.2, 0.25) is 0 Å². The summed E-state index contributed by atoms with van der Waals surface area (Å²) in [6, 6.07) is 0. The van der Waals surface area contributed by atoms with E-state index < -0.39 is 11.2 Å². The molecule has 0 amide bonds. The highest BCUT2D eigenvalue weighted by atomic mass is 16.7. The highest BCUT2D eigenvalue weighted by Crippen LogP contribution is 2.66. The minimum atomic E-state index is -0.690. The maximum Gasteiger partial charge on any atom is 0.146 e. The first-order valence-corrected chi connectivity index (χ1v) is 8.15. The number of aliphatic hydroxyl groups is 2. The fourth-order valence-corrected chi connectivity index (χ4v) is 6.28. The molecule has 4 heteroatoms. The third-order valence-corrected chi connectivity index (χ3v) is 6.87. The van der Waals surface area contributed by atoms with Gasteiger partial charge in [-0.05, 0) is 56.8 Å². The molecule has 20 heavy (non-hydrogen) atoms. The molecule has 5 aliphatic carbocycles. The molecule has 7 atom stereocenters. The second-order valence-corrected chi connectivity index (χ2v) is 7.54. The van der Waals surface area contributed by atoms with E-state index in [0.29, 0.717) is 18.6 Å². The summed E-state index contributed by atoms with van der Waals surface area (Å²) in [5, 5.41) is 22.5. The summed E-state index contributed by atoms with van der Waals surface area (Å²) in [5.41, 5.74) is -1.29. The van der Waals surface area contributed by atoms with Gasteiger partial charge in [-0.25, -0.2) is 0 Å². The molecule has 0 heterocycles. The zero-order valence-corrected chi connectivity index (χ0v) is 12.3. The first-order valence-electron chi connectivity index (χ1n) is 8.15. The summed E-state index contributed by atoms with van der Waals surface area (Å²) in [5.74, 6) is 1.05. The van der Waals surface area contributed by atoms with Crippen LogP contribution in [0.4, 0.5) is 0 Å². The Morgan fingerprint density at radius 2 is 1.95 bits per heavy atom. The molecule has 0 aliphatic heterocycles. The van der Waals surface area contributed by atoms with Gasteiger partial charge in [-0.1, -0.05) is 0 Å². The highest BCUT2D eigenvalue weighted by molar-refractivity contribution is 5.20. The van der Waals surface area contributed by atoms with Gasteiger partial charge in [-0.3, -0.25) is 0 Å². The number of hydrogen-bond donors (Lipinski definition) is 2. The molecule has 5 rings (SSSR count). The second-order valence-electron chi connectivity index (χ2n) is 7.54. The molecule has 5 fully saturated rings. The van der Waals surface area contributed by atoms with Crippen molar-refractivity contribution < 1.29 is 19.7 Å². The lowest BCUT2D eigenvalue weighted by Crippen LogP contribution is -2.74. The Bertz CT molecular complexity index is 400. The van der Waals surface area contributed by atoms with Crippen LogP contribution in [-0.4, -0.2) is 41.4 Å². The standard InChI is InChI=1S/C16H26O4/c1-19-9-20-12-4-3-11-6-7-15(17)8-10-2-5-13(15)16(11,18)14(10)12/h10-14,17-18H,2-9H2,1H3/t10-,11-,12-,13+,14-,15+,16+/m0/s1. The largest absolute Gasteiger partial charge is 0.389 e. The van der Waals surface area contributed by atoms with Crippen molar-refractivity contribution in [3.63, 3.8) is 0 Å². The van der Waals surface area contributed by atoms with E-state index >= 15 is 0 Å². The topological polar surface area (TPSA) is 58.9 Å². The minimum Gasteiger partial charge on any atom is -0.389 e. The second kappa shape index (κ2) is 4.42. The predicted molar refractivity (Wildman–Crippen MR) is 72.9 cm³/mol. The lowest BCUT2D eigenvalue weighted by Gasteiger charge is -2.69. The van der Waals surface area contributed by atoms with Crippen molar-refractivity contribution in [2.24, 2.45) is 23.7 Å². The average Bonchev–Trinajstić information content (AvgIpc) is 2.42. The normalized spacial score (nSPS) is 56.9. The lowest BCUT2D eigenvalue weighted by molar-refractivity contribution is -0.316. The molecular formula is C16H26O4. The van der Waals surface area contributed by atoms with Crippen molar-refractivity contribution in [1.82, 2.24) is 0 Å². The molecule has 0 aromatic heterocycles. The van der Waals surface area contributed by atoms with Crippen LogP contribution in [0.1, 0.15) is 44.9 Å². The van der Waals surface area contributed by atoms with Crippen LogP contribution in [0.15, 0.2) is 0 Å². The monoisotopic (exact) mass is 282 g/mol. The fraction of sp³-hybridized carbons (Fsp3) is 1.00. The Labute approximate surface area is 120 Å². The van der Waals surface area contributed by atoms with Crippen molar-refractivity contribution in [1.29, 1.82) is 0 Å². The minimum absolute atomic E-state index is 0.0673. The van der Waals surface area contributed by atoms with E-state index in [1.807, 2.05) is 0 Å². The van der Waals surface area contributed by atoms with Crippen molar-refractivity contribution in [3.8, 4) is 0 Å². The molecule has 0 aromatic rings. The third-order valence-electron chi connectivity index (χ3n) is 6.87. The third kappa shape index (κ3) is 1.57. The summed E-state index contributed by atoms with van der Waals surface area (Å²) in [6.45, 7) is 0.309.